The first kappa shape index (κ1) is 35.6. The first-order chi connectivity index (χ1) is 20.9. The molecule has 0 saturated heterocycles. The van der Waals surface area contributed by atoms with E-state index < -0.39 is 24.2 Å². The van der Waals surface area contributed by atoms with E-state index in [1.807, 2.05) is 66.7 Å². The van der Waals surface area contributed by atoms with Gasteiger partial charge < -0.3 is 29.9 Å². The Balaban J connectivity index is 0.00000276. The van der Waals surface area contributed by atoms with Crippen LogP contribution >= 0.6 is 0 Å². The zero-order valence-corrected chi connectivity index (χ0v) is 25.0. The molecule has 2 amide bonds. The molecule has 8 nitrogen and oxygen atoms in total. The molecular formula is C37H50N2O6. The summed E-state index contributed by atoms with van der Waals surface area (Å²) in [6, 6.07) is 20.9. The molecule has 0 spiro atoms. The summed E-state index contributed by atoms with van der Waals surface area (Å²) in [5, 5.41) is 25.6. The third kappa shape index (κ3) is 8.44. The van der Waals surface area contributed by atoms with Crippen molar-refractivity contribution in [1.82, 2.24) is 10.2 Å². The van der Waals surface area contributed by atoms with E-state index in [-0.39, 0.29) is 39.6 Å². The number of nitrogens with one attached hydrogen (secondary N) is 1. The number of ether oxygens (including phenoxy) is 2. The normalized spacial score (nSPS) is 16.6. The van der Waals surface area contributed by atoms with Crippen LogP contribution in [0.2, 0.25) is 0 Å². The second kappa shape index (κ2) is 16.4. The molecular weight excluding hydrogens is 568 g/mol. The summed E-state index contributed by atoms with van der Waals surface area (Å²) in [6.07, 6.45) is 2.42. The third-order valence-corrected chi connectivity index (χ3v) is 8.84. The van der Waals surface area contributed by atoms with E-state index in [0.29, 0.717) is 24.5 Å². The van der Waals surface area contributed by atoms with E-state index in [2.05, 4.69) is 5.32 Å². The lowest BCUT2D eigenvalue weighted by atomic mass is 9.87. The first-order valence-electron chi connectivity index (χ1n) is 15.2. The van der Waals surface area contributed by atoms with E-state index in [0.717, 1.165) is 59.9 Å². The molecule has 1 fully saturated rings. The Kier molecular flexibility index (Phi) is 13.0. The Bertz CT molecular complexity index is 1390. The van der Waals surface area contributed by atoms with E-state index in [4.69, 9.17) is 9.47 Å². The fourth-order valence-electron chi connectivity index (χ4n) is 6.26. The summed E-state index contributed by atoms with van der Waals surface area (Å²) in [5.41, 5.74) is 4.99. The average Bonchev–Trinajstić information content (AvgIpc) is 3.07. The Labute approximate surface area is 268 Å². The van der Waals surface area contributed by atoms with E-state index in [9.17, 15) is 19.8 Å². The van der Waals surface area contributed by atoms with E-state index in [1.54, 1.807) is 19.1 Å². The highest BCUT2D eigenvalue weighted by molar-refractivity contribution is 5.82. The number of methoxy groups -OCH3 is 2. The lowest BCUT2D eigenvalue weighted by molar-refractivity contribution is -0.149. The highest BCUT2D eigenvalue weighted by atomic mass is 16.5. The average molecular weight is 619 g/mol. The predicted octanol–water partition coefficient (Wildman–Crippen LogP) is 5.56. The molecule has 1 aliphatic carbocycles. The standard InChI is InChI=1S/C35H42N2O6.2CH4/c1-42-30-20-27-17-18-37(22-28(27)21-31(30)43-2)35(41)33(39)32(38)29(36-34(40)26-11-7-4-8-12-26)19-23-13-15-25(16-14-23)24-9-5-3-6-10-24;;/h3,5-6,9-10,13-16,20-21,26,29,32-33,38-39H,4,7-8,11-12,17-19,22H2,1-2H3,(H,36,40);2*1H4. The van der Waals surface area contributed by atoms with E-state index >= 15 is 0 Å². The molecule has 3 N–H and O–H groups in total. The van der Waals surface area contributed by atoms with Crippen molar-refractivity contribution in [3.05, 3.63) is 83.4 Å². The van der Waals surface area contributed by atoms with Crippen LogP contribution in [0, 0.1) is 5.92 Å². The number of aliphatic hydroxyl groups excluding tert-OH is 2. The lowest BCUT2D eigenvalue weighted by Gasteiger charge is -2.34. The molecule has 244 valence electrons. The van der Waals surface area contributed by atoms with Crippen molar-refractivity contribution in [2.45, 2.75) is 84.6 Å². The van der Waals surface area contributed by atoms with Crippen LogP contribution in [0.3, 0.4) is 0 Å². The smallest absolute Gasteiger partial charge is 0.254 e. The summed E-state index contributed by atoms with van der Waals surface area (Å²) >= 11 is 0. The maximum Gasteiger partial charge on any atom is 0.254 e. The van der Waals surface area contributed by atoms with Crippen molar-refractivity contribution in [3.8, 4) is 22.6 Å². The number of amides is 2. The minimum Gasteiger partial charge on any atom is -0.493 e. The number of fused-ring (bicyclic) bond motifs is 1. The molecule has 1 heterocycles. The van der Waals surface area contributed by atoms with Gasteiger partial charge in [0.05, 0.1) is 20.3 Å². The van der Waals surface area contributed by atoms with Crippen LogP contribution in [0.5, 0.6) is 11.5 Å². The molecule has 0 aromatic heterocycles. The summed E-state index contributed by atoms with van der Waals surface area (Å²) in [7, 11) is 3.15. The number of rotatable bonds is 10. The molecule has 1 saturated carbocycles. The number of hydrogen-bond donors (Lipinski definition) is 3. The summed E-state index contributed by atoms with van der Waals surface area (Å²) in [4.78, 5) is 28.3. The number of carbonyl (C=O) groups is 2. The van der Waals surface area contributed by atoms with Crippen LogP contribution in [-0.2, 0) is 29.0 Å². The second-order valence-electron chi connectivity index (χ2n) is 11.6. The monoisotopic (exact) mass is 618 g/mol. The third-order valence-electron chi connectivity index (χ3n) is 8.84. The van der Waals surface area contributed by atoms with Crippen molar-refractivity contribution in [2.24, 2.45) is 5.92 Å². The molecule has 3 unspecified atom stereocenters. The summed E-state index contributed by atoms with van der Waals surface area (Å²) in [5.74, 6) is 0.383. The van der Waals surface area contributed by atoms with E-state index in [1.165, 1.54) is 0 Å². The Morgan fingerprint density at radius 2 is 1.47 bits per heavy atom. The zero-order chi connectivity index (χ0) is 30.3. The Morgan fingerprint density at radius 3 is 2.09 bits per heavy atom. The Morgan fingerprint density at radius 1 is 0.867 bits per heavy atom. The highest BCUT2D eigenvalue weighted by Crippen LogP contribution is 2.33. The number of hydrogen-bond acceptors (Lipinski definition) is 6. The minimum absolute atomic E-state index is 0. The summed E-state index contributed by atoms with van der Waals surface area (Å²) < 4.78 is 10.8. The van der Waals surface area contributed by atoms with Gasteiger partial charge in [-0.1, -0.05) is 88.7 Å². The van der Waals surface area contributed by atoms with Gasteiger partial charge in [0.15, 0.2) is 17.6 Å². The minimum atomic E-state index is -1.69. The van der Waals surface area contributed by atoms with Gasteiger partial charge in [-0.05, 0) is 65.6 Å². The molecule has 0 bridgehead atoms. The number of benzene rings is 3. The molecule has 2 aliphatic rings. The maximum absolute atomic E-state index is 13.5. The molecule has 5 rings (SSSR count). The van der Waals surface area contributed by atoms with Gasteiger partial charge in [-0.15, -0.1) is 0 Å². The highest BCUT2D eigenvalue weighted by Gasteiger charge is 2.37. The van der Waals surface area contributed by atoms with Crippen molar-refractivity contribution in [2.75, 3.05) is 20.8 Å². The Hall–Kier alpha value is -3.88. The van der Waals surface area contributed by atoms with Crippen LogP contribution < -0.4 is 14.8 Å². The number of carbonyl (C=O) groups excluding carboxylic acids is 2. The van der Waals surface area contributed by atoms with Gasteiger partial charge in [-0.2, -0.15) is 0 Å². The van der Waals surface area contributed by atoms with Gasteiger partial charge in [0.25, 0.3) is 5.91 Å². The molecule has 0 radical (unpaired) electrons. The SMILES string of the molecule is C.C.COc1cc2c(cc1OC)CN(C(=O)C(O)C(O)C(Cc1ccc(-c3ccccc3)cc1)NC(=O)C1CCCCC1)CC2. The predicted molar refractivity (Wildman–Crippen MR) is 178 cm³/mol. The van der Waals surface area contributed by atoms with Crippen LogP contribution in [0.1, 0.15) is 63.6 Å². The molecule has 3 atom stereocenters. The first-order valence-corrected chi connectivity index (χ1v) is 15.2. The topological polar surface area (TPSA) is 108 Å². The van der Waals surface area contributed by atoms with Crippen LogP contribution in [0.4, 0.5) is 0 Å². The van der Waals surface area contributed by atoms with Crippen molar-refractivity contribution in [3.63, 3.8) is 0 Å². The van der Waals surface area contributed by atoms with Gasteiger partial charge >= 0.3 is 0 Å². The van der Waals surface area contributed by atoms with Gasteiger partial charge in [0.2, 0.25) is 5.91 Å². The zero-order valence-electron chi connectivity index (χ0n) is 25.0. The van der Waals surface area contributed by atoms with Crippen LogP contribution in [0.25, 0.3) is 11.1 Å². The van der Waals surface area contributed by atoms with Gasteiger partial charge in [0.1, 0.15) is 6.10 Å². The van der Waals surface area contributed by atoms with Gasteiger partial charge in [-0.25, -0.2) is 0 Å². The molecule has 45 heavy (non-hydrogen) atoms. The molecule has 8 heteroatoms. The van der Waals surface area contributed by atoms with Crippen LogP contribution in [0.15, 0.2) is 66.7 Å². The maximum atomic E-state index is 13.5. The van der Waals surface area contributed by atoms with Crippen LogP contribution in [-0.4, -0.2) is 65.9 Å². The lowest BCUT2D eigenvalue weighted by Crippen LogP contribution is -2.56. The number of nitrogens with zero attached hydrogens (tertiary/aromatic N) is 1. The van der Waals surface area contributed by atoms with Crippen molar-refractivity contribution in [1.29, 1.82) is 0 Å². The van der Waals surface area contributed by atoms with Gasteiger partial charge in [0, 0.05) is 19.0 Å². The number of aliphatic hydroxyl groups is 2. The molecule has 3 aromatic carbocycles. The van der Waals surface area contributed by atoms with Crippen molar-refractivity contribution >= 4 is 11.8 Å². The van der Waals surface area contributed by atoms with Gasteiger partial charge in [-0.3, -0.25) is 9.59 Å². The second-order valence-corrected chi connectivity index (χ2v) is 11.6. The fraction of sp³-hybridized carbons (Fsp3) is 0.459. The quantitative estimate of drug-likeness (QED) is 0.275. The molecule has 3 aromatic rings. The fourth-order valence-corrected chi connectivity index (χ4v) is 6.26. The summed E-state index contributed by atoms with van der Waals surface area (Å²) in [6.45, 7) is 0.670. The molecule has 1 aliphatic heterocycles. The van der Waals surface area contributed by atoms with Crippen molar-refractivity contribution < 1.29 is 29.3 Å². The largest absolute Gasteiger partial charge is 0.493 e.